The van der Waals surface area contributed by atoms with Crippen molar-refractivity contribution in [3.05, 3.63) is 120 Å². The number of aliphatic hydroxyl groups is 1. The van der Waals surface area contributed by atoms with Gasteiger partial charge in [0.1, 0.15) is 6.10 Å². The summed E-state index contributed by atoms with van der Waals surface area (Å²) < 4.78 is 11.8. The molecule has 244 valence electrons. The van der Waals surface area contributed by atoms with Gasteiger partial charge in [-0.3, -0.25) is 14.4 Å². The zero-order valence-electron chi connectivity index (χ0n) is 26.6. The van der Waals surface area contributed by atoms with Crippen molar-refractivity contribution >= 4 is 17.8 Å². The Kier molecular flexibility index (Phi) is 14.0. The summed E-state index contributed by atoms with van der Waals surface area (Å²) in [5, 5.41) is 15.9. The van der Waals surface area contributed by atoms with E-state index in [9.17, 15) is 19.5 Å². The predicted molar refractivity (Wildman–Crippen MR) is 178 cm³/mol. The van der Waals surface area contributed by atoms with E-state index in [4.69, 9.17) is 9.47 Å². The van der Waals surface area contributed by atoms with E-state index in [-0.39, 0.29) is 43.3 Å². The van der Waals surface area contributed by atoms with Gasteiger partial charge in [-0.1, -0.05) is 103 Å². The van der Waals surface area contributed by atoms with Crippen LogP contribution in [0.1, 0.15) is 54.9 Å². The summed E-state index contributed by atoms with van der Waals surface area (Å²) in [6.07, 6.45) is 6.66. The Morgan fingerprint density at radius 1 is 0.935 bits per heavy atom. The van der Waals surface area contributed by atoms with Crippen molar-refractivity contribution in [3.63, 3.8) is 0 Å². The lowest BCUT2D eigenvalue weighted by atomic mass is 9.92. The molecular weight excluding hydrogens is 580 g/mol. The molecule has 5 atom stereocenters. The van der Waals surface area contributed by atoms with E-state index in [1.807, 2.05) is 103 Å². The van der Waals surface area contributed by atoms with E-state index in [1.165, 1.54) is 7.11 Å². The topological polar surface area (TPSA) is 114 Å². The molecule has 46 heavy (non-hydrogen) atoms. The number of nitrogens with one attached hydrogen (secondary N) is 2. The number of carbonyl (C=O) groups excluding carboxylic acids is 3. The first kappa shape index (κ1) is 34.6. The molecular formula is C38H46N2O6. The minimum atomic E-state index is -0.798. The third-order valence-electron chi connectivity index (χ3n) is 8.29. The number of methoxy groups -OCH3 is 1. The van der Waals surface area contributed by atoms with Gasteiger partial charge in [-0.2, -0.15) is 0 Å². The van der Waals surface area contributed by atoms with Gasteiger partial charge in [0.15, 0.2) is 0 Å². The Morgan fingerprint density at radius 2 is 1.59 bits per heavy atom. The van der Waals surface area contributed by atoms with Gasteiger partial charge in [-0.05, 0) is 55.2 Å². The quantitative estimate of drug-likeness (QED) is 0.201. The standard InChI is InChI=1S/C38H46N2O6/c1-45-27-34-36(30-19-13-6-14-20-30)46-38(44)32(23-28-15-7-4-8-16-28)22-12-3-2-11-21-31(37(43)40-34)25-35(42)39-33(26-41)24-29-17-9-5-10-18-29/h2,4-11,13-20,31-34,36,41H,3,12,21-27H2,1H3,(H,39,42)(H,40,43)/t31-,32-,33+,34+,36+/m1/s1. The fourth-order valence-electron chi connectivity index (χ4n) is 5.85. The molecule has 1 aliphatic rings. The van der Waals surface area contributed by atoms with Gasteiger partial charge in [-0.25, -0.2) is 0 Å². The number of cyclic esters (lactones) is 1. The molecule has 2 amide bonds. The highest BCUT2D eigenvalue weighted by Crippen LogP contribution is 2.27. The molecule has 1 aliphatic heterocycles. The van der Waals surface area contributed by atoms with E-state index >= 15 is 0 Å². The van der Waals surface area contributed by atoms with Gasteiger partial charge in [0, 0.05) is 13.5 Å². The van der Waals surface area contributed by atoms with Crippen LogP contribution in [0.25, 0.3) is 0 Å². The van der Waals surface area contributed by atoms with Gasteiger partial charge < -0.3 is 25.2 Å². The Hall–Kier alpha value is -4.27. The fraction of sp³-hybridized carbons (Fsp3) is 0.395. The fourth-order valence-corrected chi connectivity index (χ4v) is 5.85. The SMILES string of the molecule is COC[C@@H]1NC(=O)[C@@H](CC(=O)N[C@H](CO)Cc2ccccc2)CC=CCCC[C@H](Cc2ccccc2)C(=O)O[C@H]1c1ccccc1. The maximum absolute atomic E-state index is 13.8. The molecule has 1 heterocycles. The lowest BCUT2D eigenvalue weighted by Gasteiger charge is -2.31. The number of ether oxygens (including phenoxy) is 2. The predicted octanol–water partition coefficient (Wildman–Crippen LogP) is 5.12. The molecule has 0 saturated heterocycles. The summed E-state index contributed by atoms with van der Waals surface area (Å²) in [4.78, 5) is 40.8. The average Bonchev–Trinajstić information content (AvgIpc) is 3.08. The minimum Gasteiger partial charge on any atom is -0.455 e. The third-order valence-corrected chi connectivity index (χ3v) is 8.29. The van der Waals surface area contributed by atoms with Crippen molar-refractivity contribution in [2.75, 3.05) is 20.3 Å². The van der Waals surface area contributed by atoms with Crippen LogP contribution in [0.2, 0.25) is 0 Å². The summed E-state index contributed by atoms with van der Waals surface area (Å²) >= 11 is 0. The molecule has 0 aliphatic carbocycles. The van der Waals surface area contributed by atoms with Crippen LogP contribution < -0.4 is 10.6 Å². The highest BCUT2D eigenvalue weighted by molar-refractivity contribution is 5.86. The van der Waals surface area contributed by atoms with E-state index in [2.05, 4.69) is 10.6 Å². The lowest BCUT2D eigenvalue weighted by Crippen LogP contribution is -2.47. The van der Waals surface area contributed by atoms with Gasteiger partial charge in [0.05, 0.1) is 37.1 Å². The summed E-state index contributed by atoms with van der Waals surface area (Å²) in [5.74, 6) is -2.00. The minimum absolute atomic E-state index is 0.0594. The van der Waals surface area contributed by atoms with Crippen LogP contribution in [0.4, 0.5) is 0 Å². The monoisotopic (exact) mass is 626 g/mol. The Balaban J connectivity index is 1.55. The third kappa shape index (κ3) is 11.0. The second kappa shape index (κ2) is 18.6. The van der Waals surface area contributed by atoms with Crippen LogP contribution in [-0.2, 0) is 36.7 Å². The summed E-state index contributed by atoms with van der Waals surface area (Å²) in [7, 11) is 1.54. The Morgan fingerprint density at radius 3 is 2.24 bits per heavy atom. The van der Waals surface area contributed by atoms with E-state index < -0.39 is 24.1 Å². The van der Waals surface area contributed by atoms with Crippen molar-refractivity contribution in [3.8, 4) is 0 Å². The molecule has 8 nitrogen and oxygen atoms in total. The molecule has 0 unspecified atom stereocenters. The first-order valence-electron chi connectivity index (χ1n) is 16.1. The number of amides is 2. The number of aliphatic hydroxyl groups excluding tert-OH is 1. The zero-order chi connectivity index (χ0) is 32.6. The van der Waals surface area contributed by atoms with Crippen molar-refractivity contribution in [2.24, 2.45) is 11.8 Å². The molecule has 3 aromatic rings. The van der Waals surface area contributed by atoms with Crippen LogP contribution in [0.5, 0.6) is 0 Å². The first-order valence-corrected chi connectivity index (χ1v) is 16.1. The molecule has 3 N–H and O–H groups in total. The number of carbonyl (C=O) groups is 3. The summed E-state index contributed by atoms with van der Waals surface area (Å²) in [6.45, 7) is -0.122. The molecule has 0 saturated carbocycles. The van der Waals surface area contributed by atoms with Gasteiger partial charge in [0.25, 0.3) is 0 Å². The molecule has 0 fully saturated rings. The molecule has 4 rings (SSSR count). The molecule has 3 aromatic carbocycles. The first-order chi connectivity index (χ1) is 22.5. The largest absolute Gasteiger partial charge is 0.455 e. The normalized spacial score (nSPS) is 21.8. The maximum atomic E-state index is 13.8. The van der Waals surface area contributed by atoms with Crippen LogP contribution in [-0.4, -0.2) is 55.3 Å². The van der Waals surface area contributed by atoms with Crippen molar-refractivity contribution in [1.29, 1.82) is 0 Å². The van der Waals surface area contributed by atoms with E-state index in [1.54, 1.807) is 0 Å². The maximum Gasteiger partial charge on any atom is 0.309 e. The molecule has 0 radical (unpaired) electrons. The molecule has 0 aromatic heterocycles. The van der Waals surface area contributed by atoms with Gasteiger partial charge >= 0.3 is 5.97 Å². The molecule has 8 heteroatoms. The van der Waals surface area contributed by atoms with Crippen molar-refractivity contribution < 1.29 is 29.0 Å². The van der Waals surface area contributed by atoms with Crippen LogP contribution >= 0.6 is 0 Å². The zero-order valence-corrected chi connectivity index (χ0v) is 26.6. The van der Waals surface area contributed by atoms with Crippen molar-refractivity contribution in [1.82, 2.24) is 10.6 Å². The molecule has 0 spiro atoms. The van der Waals surface area contributed by atoms with Crippen LogP contribution in [0, 0.1) is 11.8 Å². The highest BCUT2D eigenvalue weighted by Gasteiger charge is 2.33. The lowest BCUT2D eigenvalue weighted by molar-refractivity contribution is -0.158. The summed E-state index contributed by atoms with van der Waals surface area (Å²) in [5.41, 5.74) is 2.80. The smallest absolute Gasteiger partial charge is 0.309 e. The number of esters is 1. The number of hydrogen-bond acceptors (Lipinski definition) is 6. The van der Waals surface area contributed by atoms with Crippen LogP contribution in [0.15, 0.2) is 103 Å². The molecule has 0 bridgehead atoms. The van der Waals surface area contributed by atoms with E-state index in [0.29, 0.717) is 25.7 Å². The Bertz CT molecular complexity index is 1380. The number of allylic oxidation sites excluding steroid dienone is 2. The Labute approximate surface area is 272 Å². The van der Waals surface area contributed by atoms with Crippen LogP contribution in [0.3, 0.4) is 0 Å². The number of rotatable bonds is 11. The number of benzene rings is 3. The van der Waals surface area contributed by atoms with Crippen molar-refractivity contribution in [2.45, 2.75) is 63.1 Å². The second-order valence-corrected chi connectivity index (χ2v) is 11.9. The van der Waals surface area contributed by atoms with Gasteiger partial charge in [0.2, 0.25) is 11.8 Å². The van der Waals surface area contributed by atoms with Gasteiger partial charge in [-0.15, -0.1) is 0 Å². The second-order valence-electron chi connectivity index (χ2n) is 11.9. The number of hydrogen-bond donors (Lipinski definition) is 3. The highest BCUT2D eigenvalue weighted by atomic mass is 16.5. The average molecular weight is 627 g/mol. The van der Waals surface area contributed by atoms with E-state index in [0.717, 1.165) is 29.5 Å². The summed E-state index contributed by atoms with van der Waals surface area (Å²) in [6, 6.07) is 27.7.